The van der Waals surface area contributed by atoms with E-state index in [9.17, 15) is 4.79 Å². The van der Waals surface area contributed by atoms with Gasteiger partial charge in [0, 0.05) is 6.20 Å². The number of aromatic carboxylic acids is 1. The Morgan fingerprint density at radius 2 is 2.06 bits per heavy atom. The molecule has 82 valence electrons. The molecular weight excluding hydrogens is 224 g/mol. The van der Waals surface area contributed by atoms with Gasteiger partial charge < -0.3 is 14.7 Å². The largest absolute Gasteiger partial charge is 0.477 e. The molecule has 0 aliphatic carbocycles. The highest BCUT2D eigenvalue weighted by molar-refractivity contribution is 7.71. The molecule has 0 unspecified atom stereocenters. The van der Waals surface area contributed by atoms with Crippen LogP contribution < -0.4 is 0 Å². The second kappa shape index (κ2) is 4.32. The number of hydrogen-bond donors (Lipinski definition) is 2. The summed E-state index contributed by atoms with van der Waals surface area (Å²) < 4.78 is 1.98. The van der Waals surface area contributed by atoms with E-state index in [1.807, 2.05) is 30.3 Å². The van der Waals surface area contributed by atoms with Gasteiger partial charge in [-0.05, 0) is 17.8 Å². The average Bonchev–Trinajstić information content (AvgIpc) is 2.62. The van der Waals surface area contributed by atoms with E-state index in [-0.39, 0.29) is 5.69 Å². The van der Waals surface area contributed by atoms with Crippen molar-refractivity contribution in [3.05, 3.63) is 52.6 Å². The summed E-state index contributed by atoms with van der Waals surface area (Å²) in [7, 11) is 0. The number of benzene rings is 1. The van der Waals surface area contributed by atoms with Crippen LogP contribution in [0.15, 0.2) is 36.5 Å². The van der Waals surface area contributed by atoms with Gasteiger partial charge in [-0.1, -0.05) is 30.3 Å². The summed E-state index contributed by atoms with van der Waals surface area (Å²) in [5.41, 5.74) is 1.19. The molecule has 5 heteroatoms. The first-order valence-electron chi connectivity index (χ1n) is 4.74. The van der Waals surface area contributed by atoms with Crippen molar-refractivity contribution in [3.8, 4) is 0 Å². The van der Waals surface area contributed by atoms with Gasteiger partial charge in [0.05, 0.1) is 6.54 Å². The Morgan fingerprint density at radius 1 is 1.38 bits per heavy atom. The summed E-state index contributed by atoms with van der Waals surface area (Å²) in [6, 6.07) is 9.59. The van der Waals surface area contributed by atoms with Gasteiger partial charge in [-0.25, -0.2) is 4.79 Å². The van der Waals surface area contributed by atoms with Crippen LogP contribution in [0.5, 0.6) is 0 Å². The summed E-state index contributed by atoms with van der Waals surface area (Å²) in [5, 5.41) is 8.97. The Labute approximate surface area is 97.2 Å². The van der Waals surface area contributed by atoms with E-state index in [0.29, 0.717) is 11.3 Å². The second-order valence-corrected chi connectivity index (χ2v) is 3.74. The fourth-order valence-electron chi connectivity index (χ4n) is 1.50. The first kappa shape index (κ1) is 10.6. The summed E-state index contributed by atoms with van der Waals surface area (Å²) in [5.74, 6) is -0.983. The molecule has 0 radical (unpaired) electrons. The average molecular weight is 234 g/mol. The molecule has 0 saturated carbocycles. The number of carbonyl (C=O) groups is 1. The van der Waals surface area contributed by atoms with Gasteiger partial charge in [-0.2, -0.15) is 0 Å². The third-order valence-corrected chi connectivity index (χ3v) is 2.61. The Kier molecular flexibility index (Phi) is 2.87. The molecule has 0 aliphatic heterocycles. The van der Waals surface area contributed by atoms with Gasteiger partial charge in [-0.3, -0.25) is 0 Å². The lowest BCUT2D eigenvalue weighted by Gasteiger charge is -2.05. The van der Waals surface area contributed by atoms with E-state index in [1.54, 1.807) is 4.57 Å². The molecule has 1 aromatic carbocycles. The zero-order valence-electron chi connectivity index (χ0n) is 8.38. The van der Waals surface area contributed by atoms with Crippen molar-refractivity contribution >= 4 is 18.2 Å². The molecule has 0 aliphatic rings. The molecule has 2 rings (SSSR count). The Morgan fingerprint density at radius 3 is 2.69 bits per heavy atom. The molecule has 16 heavy (non-hydrogen) atoms. The Hall–Kier alpha value is -1.88. The molecule has 0 atom stereocenters. The number of aromatic nitrogens is 2. The number of carboxylic acid groups (broad SMARTS) is 1. The van der Waals surface area contributed by atoms with Crippen LogP contribution in [0, 0.1) is 4.77 Å². The minimum Gasteiger partial charge on any atom is -0.477 e. The van der Waals surface area contributed by atoms with Crippen molar-refractivity contribution in [1.82, 2.24) is 9.55 Å². The van der Waals surface area contributed by atoms with Gasteiger partial charge in [0.1, 0.15) is 5.69 Å². The number of carboxylic acids is 1. The highest BCUT2D eigenvalue weighted by Gasteiger charge is 2.10. The highest BCUT2D eigenvalue weighted by Crippen LogP contribution is 2.07. The predicted molar refractivity (Wildman–Crippen MR) is 62.1 cm³/mol. The first-order valence-corrected chi connectivity index (χ1v) is 5.15. The van der Waals surface area contributed by atoms with Gasteiger partial charge in [-0.15, -0.1) is 0 Å². The molecule has 4 nitrogen and oxygen atoms in total. The molecule has 0 bridgehead atoms. The van der Waals surface area contributed by atoms with Crippen molar-refractivity contribution in [2.75, 3.05) is 0 Å². The van der Waals surface area contributed by atoms with E-state index in [4.69, 9.17) is 17.3 Å². The van der Waals surface area contributed by atoms with Crippen LogP contribution >= 0.6 is 12.2 Å². The van der Waals surface area contributed by atoms with Gasteiger partial charge in [0.25, 0.3) is 0 Å². The molecule has 2 aromatic rings. The lowest BCUT2D eigenvalue weighted by molar-refractivity contribution is 0.0685. The van der Waals surface area contributed by atoms with Crippen LogP contribution in [0.4, 0.5) is 0 Å². The molecule has 0 saturated heterocycles. The molecule has 1 heterocycles. The fourth-order valence-corrected chi connectivity index (χ4v) is 1.72. The van der Waals surface area contributed by atoms with E-state index in [0.717, 1.165) is 5.56 Å². The van der Waals surface area contributed by atoms with Crippen LogP contribution in [-0.4, -0.2) is 20.6 Å². The number of nitrogens with one attached hydrogen (secondary N) is 1. The molecule has 0 amide bonds. The van der Waals surface area contributed by atoms with Crippen LogP contribution in [0.25, 0.3) is 0 Å². The number of nitrogens with zero attached hydrogens (tertiary/aromatic N) is 1. The zero-order valence-corrected chi connectivity index (χ0v) is 9.20. The van der Waals surface area contributed by atoms with Crippen molar-refractivity contribution < 1.29 is 9.90 Å². The number of aromatic amines is 1. The maximum atomic E-state index is 10.9. The van der Waals surface area contributed by atoms with Crippen LogP contribution in [0.3, 0.4) is 0 Å². The minimum atomic E-state index is -0.983. The van der Waals surface area contributed by atoms with Crippen LogP contribution in [-0.2, 0) is 6.54 Å². The smallest absolute Gasteiger partial charge is 0.354 e. The molecular formula is C11H10N2O2S. The quantitative estimate of drug-likeness (QED) is 0.801. The molecule has 1 aromatic heterocycles. The lowest BCUT2D eigenvalue weighted by atomic mass is 10.2. The van der Waals surface area contributed by atoms with E-state index in [2.05, 4.69) is 4.98 Å². The van der Waals surface area contributed by atoms with E-state index < -0.39 is 5.97 Å². The minimum absolute atomic E-state index is 0.175. The highest BCUT2D eigenvalue weighted by atomic mass is 32.1. The topological polar surface area (TPSA) is 58.0 Å². The lowest BCUT2D eigenvalue weighted by Crippen LogP contribution is -2.09. The SMILES string of the molecule is O=C(O)c1c[nH]c(=S)n1Cc1ccccc1. The number of rotatable bonds is 3. The first-order chi connectivity index (χ1) is 7.68. The molecule has 0 fully saturated rings. The van der Waals surface area contributed by atoms with Crippen molar-refractivity contribution in [1.29, 1.82) is 0 Å². The van der Waals surface area contributed by atoms with Gasteiger partial charge in [0.2, 0.25) is 0 Å². The Bertz CT molecular complexity index is 557. The monoisotopic (exact) mass is 234 g/mol. The van der Waals surface area contributed by atoms with E-state index >= 15 is 0 Å². The Balaban J connectivity index is 2.38. The second-order valence-electron chi connectivity index (χ2n) is 3.36. The summed E-state index contributed by atoms with van der Waals surface area (Å²) in [4.78, 5) is 13.7. The third-order valence-electron chi connectivity index (χ3n) is 2.27. The predicted octanol–water partition coefficient (Wildman–Crippen LogP) is 2.29. The number of hydrogen-bond acceptors (Lipinski definition) is 2. The number of H-pyrrole nitrogens is 1. The summed E-state index contributed by atoms with van der Waals surface area (Å²) >= 11 is 5.04. The van der Waals surface area contributed by atoms with E-state index in [1.165, 1.54) is 6.20 Å². The third kappa shape index (κ3) is 2.04. The van der Waals surface area contributed by atoms with Crippen molar-refractivity contribution in [3.63, 3.8) is 0 Å². The van der Waals surface area contributed by atoms with Crippen molar-refractivity contribution in [2.45, 2.75) is 6.54 Å². The van der Waals surface area contributed by atoms with Gasteiger partial charge >= 0.3 is 5.97 Å². The maximum absolute atomic E-state index is 10.9. The summed E-state index contributed by atoms with van der Waals surface area (Å²) in [6.45, 7) is 0.463. The summed E-state index contributed by atoms with van der Waals surface area (Å²) in [6.07, 6.45) is 1.41. The van der Waals surface area contributed by atoms with Crippen LogP contribution in [0.1, 0.15) is 16.1 Å². The zero-order chi connectivity index (χ0) is 11.5. The standard InChI is InChI=1S/C11H10N2O2S/c14-10(15)9-6-12-11(16)13(9)7-8-4-2-1-3-5-8/h1-6H,7H2,(H,12,16)(H,14,15). The van der Waals surface area contributed by atoms with Crippen molar-refractivity contribution in [2.24, 2.45) is 0 Å². The maximum Gasteiger partial charge on any atom is 0.354 e. The molecule has 2 N–H and O–H groups in total. The molecule has 0 spiro atoms. The van der Waals surface area contributed by atoms with Crippen LogP contribution in [0.2, 0.25) is 0 Å². The van der Waals surface area contributed by atoms with Gasteiger partial charge in [0.15, 0.2) is 4.77 Å². The fraction of sp³-hybridized carbons (Fsp3) is 0.0909. The normalized spacial score (nSPS) is 10.2. The number of imidazole rings is 1.